The predicted octanol–water partition coefficient (Wildman–Crippen LogP) is 0.881. The van der Waals surface area contributed by atoms with E-state index < -0.39 is 0 Å². The summed E-state index contributed by atoms with van der Waals surface area (Å²) in [5.74, 6) is 0.464. The zero-order chi connectivity index (χ0) is 12.8. The predicted molar refractivity (Wildman–Crippen MR) is 64.7 cm³/mol. The van der Waals surface area contributed by atoms with Crippen LogP contribution in [0.5, 0.6) is 0 Å². The number of aromatic nitrogens is 3. The van der Waals surface area contributed by atoms with Gasteiger partial charge in [-0.05, 0) is 11.6 Å². The fourth-order valence-corrected chi connectivity index (χ4v) is 1.60. The van der Waals surface area contributed by atoms with Crippen LogP contribution in [0.2, 0.25) is 0 Å². The van der Waals surface area contributed by atoms with E-state index in [0.717, 1.165) is 5.56 Å². The van der Waals surface area contributed by atoms with Crippen molar-refractivity contribution in [1.82, 2.24) is 20.5 Å². The molecular formula is C12H14N4O2. The first-order valence-corrected chi connectivity index (χ1v) is 5.50. The van der Waals surface area contributed by atoms with E-state index in [1.165, 1.54) is 6.33 Å². The van der Waals surface area contributed by atoms with E-state index in [1.807, 2.05) is 18.2 Å². The highest BCUT2D eigenvalue weighted by molar-refractivity contribution is 5.95. The van der Waals surface area contributed by atoms with Gasteiger partial charge in [-0.15, -0.1) is 0 Å². The summed E-state index contributed by atoms with van der Waals surface area (Å²) in [6.45, 7) is 0.728. The third-order valence-corrected chi connectivity index (χ3v) is 2.44. The molecule has 0 radical (unpaired) electrons. The van der Waals surface area contributed by atoms with Gasteiger partial charge in [0, 0.05) is 12.7 Å². The van der Waals surface area contributed by atoms with Gasteiger partial charge in [0.1, 0.15) is 12.2 Å². The Kier molecular flexibility index (Phi) is 4.03. The lowest BCUT2D eigenvalue weighted by Gasteiger charge is -2.08. The number of carbonyl (C=O) groups is 1. The number of nitrogens with one attached hydrogen (secondary N) is 2. The fraction of sp³-hybridized carbons (Fsp3) is 0.250. The van der Waals surface area contributed by atoms with Crippen molar-refractivity contribution in [1.29, 1.82) is 0 Å². The number of hydrogen-bond acceptors (Lipinski definition) is 4. The van der Waals surface area contributed by atoms with Crippen molar-refractivity contribution < 1.29 is 9.53 Å². The fourth-order valence-electron chi connectivity index (χ4n) is 1.60. The Morgan fingerprint density at radius 2 is 2.28 bits per heavy atom. The van der Waals surface area contributed by atoms with E-state index in [9.17, 15) is 4.79 Å². The summed E-state index contributed by atoms with van der Waals surface area (Å²) < 4.78 is 5.06. The van der Waals surface area contributed by atoms with Gasteiger partial charge >= 0.3 is 0 Å². The third-order valence-electron chi connectivity index (χ3n) is 2.44. The van der Waals surface area contributed by atoms with Crippen LogP contribution in [0, 0.1) is 0 Å². The minimum Gasteiger partial charge on any atom is -0.380 e. The Balaban J connectivity index is 2.04. The van der Waals surface area contributed by atoms with Crippen LogP contribution in [0.25, 0.3) is 0 Å². The maximum atomic E-state index is 12.0. The highest BCUT2D eigenvalue weighted by atomic mass is 16.5. The number of nitrogens with zero attached hydrogens (tertiary/aromatic N) is 2. The number of carbonyl (C=O) groups excluding carboxylic acids is 1. The number of methoxy groups -OCH3 is 1. The number of ether oxygens (including phenoxy) is 1. The lowest BCUT2D eigenvalue weighted by Crippen LogP contribution is -2.24. The summed E-state index contributed by atoms with van der Waals surface area (Å²) in [4.78, 5) is 15.9. The van der Waals surface area contributed by atoms with E-state index in [4.69, 9.17) is 4.74 Å². The molecule has 0 bridgehead atoms. The van der Waals surface area contributed by atoms with Crippen LogP contribution in [0.4, 0.5) is 0 Å². The summed E-state index contributed by atoms with van der Waals surface area (Å²) in [5.41, 5.74) is 1.47. The van der Waals surface area contributed by atoms with Crippen molar-refractivity contribution in [3.05, 3.63) is 47.5 Å². The van der Waals surface area contributed by atoms with Crippen LogP contribution < -0.4 is 5.32 Å². The molecule has 0 unspecified atom stereocenters. The van der Waals surface area contributed by atoms with Crippen LogP contribution in [0.1, 0.15) is 21.7 Å². The average Bonchev–Trinajstić information content (AvgIpc) is 2.90. The van der Waals surface area contributed by atoms with Gasteiger partial charge < -0.3 is 10.1 Å². The minimum atomic E-state index is -0.154. The van der Waals surface area contributed by atoms with Crippen molar-refractivity contribution in [2.24, 2.45) is 0 Å². The molecule has 0 aliphatic carbocycles. The first-order chi connectivity index (χ1) is 8.81. The monoisotopic (exact) mass is 246 g/mol. The van der Waals surface area contributed by atoms with Crippen molar-refractivity contribution in [3.63, 3.8) is 0 Å². The molecule has 0 fully saturated rings. The number of rotatable bonds is 5. The maximum absolute atomic E-state index is 12.0. The second-order valence-electron chi connectivity index (χ2n) is 3.71. The SMILES string of the molecule is COCc1ccccc1C(=O)NCc1ncn[nH]1. The molecule has 1 amide bonds. The van der Waals surface area contributed by atoms with Gasteiger partial charge in [-0.1, -0.05) is 18.2 Å². The Morgan fingerprint density at radius 1 is 1.44 bits per heavy atom. The molecule has 0 atom stereocenters. The maximum Gasteiger partial charge on any atom is 0.252 e. The number of benzene rings is 1. The molecule has 18 heavy (non-hydrogen) atoms. The van der Waals surface area contributed by atoms with E-state index in [0.29, 0.717) is 24.5 Å². The number of aromatic amines is 1. The third kappa shape index (κ3) is 2.92. The zero-order valence-electron chi connectivity index (χ0n) is 10.0. The lowest BCUT2D eigenvalue weighted by atomic mass is 10.1. The average molecular weight is 246 g/mol. The molecule has 1 heterocycles. The first kappa shape index (κ1) is 12.3. The van der Waals surface area contributed by atoms with Crippen LogP contribution in [-0.2, 0) is 17.9 Å². The van der Waals surface area contributed by atoms with Crippen molar-refractivity contribution in [2.75, 3.05) is 7.11 Å². The smallest absolute Gasteiger partial charge is 0.252 e. The van der Waals surface area contributed by atoms with Crippen molar-refractivity contribution in [2.45, 2.75) is 13.2 Å². The Bertz CT molecular complexity index is 511. The molecular weight excluding hydrogens is 232 g/mol. The van der Waals surface area contributed by atoms with Crippen LogP contribution >= 0.6 is 0 Å². The highest BCUT2D eigenvalue weighted by Gasteiger charge is 2.10. The molecule has 1 aromatic heterocycles. The second-order valence-corrected chi connectivity index (χ2v) is 3.71. The second kappa shape index (κ2) is 5.92. The van der Waals surface area contributed by atoms with Crippen LogP contribution in [-0.4, -0.2) is 28.2 Å². The molecule has 2 N–H and O–H groups in total. The zero-order valence-corrected chi connectivity index (χ0v) is 10.0. The normalized spacial score (nSPS) is 10.3. The molecule has 6 heteroatoms. The summed E-state index contributed by atoms with van der Waals surface area (Å²) in [7, 11) is 1.60. The number of hydrogen-bond donors (Lipinski definition) is 2. The van der Waals surface area contributed by atoms with Gasteiger partial charge in [0.25, 0.3) is 5.91 Å². The van der Waals surface area contributed by atoms with E-state index in [-0.39, 0.29) is 5.91 Å². The summed E-state index contributed by atoms with van der Waals surface area (Å²) >= 11 is 0. The van der Waals surface area contributed by atoms with E-state index >= 15 is 0 Å². The first-order valence-electron chi connectivity index (χ1n) is 5.50. The summed E-state index contributed by atoms with van der Waals surface area (Å²) in [6.07, 6.45) is 1.40. The Morgan fingerprint density at radius 3 is 3.00 bits per heavy atom. The molecule has 6 nitrogen and oxygen atoms in total. The van der Waals surface area contributed by atoms with Crippen LogP contribution in [0.3, 0.4) is 0 Å². The topological polar surface area (TPSA) is 79.9 Å². The highest BCUT2D eigenvalue weighted by Crippen LogP contribution is 2.09. The lowest BCUT2D eigenvalue weighted by molar-refractivity contribution is 0.0945. The van der Waals surface area contributed by atoms with Crippen molar-refractivity contribution in [3.8, 4) is 0 Å². The minimum absolute atomic E-state index is 0.154. The number of H-pyrrole nitrogens is 1. The summed E-state index contributed by atoms with van der Waals surface area (Å²) in [6, 6.07) is 7.33. The van der Waals surface area contributed by atoms with Gasteiger partial charge in [-0.25, -0.2) is 4.98 Å². The van der Waals surface area contributed by atoms with Crippen molar-refractivity contribution >= 4 is 5.91 Å². The molecule has 0 aliphatic heterocycles. The van der Waals surface area contributed by atoms with Crippen LogP contribution in [0.15, 0.2) is 30.6 Å². The van der Waals surface area contributed by atoms with Gasteiger partial charge in [-0.2, -0.15) is 5.10 Å². The molecule has 2 rings (SSSR count). The van der Waals surface area contributed by atoms with E-state index in [2.05, 4.69) is 20.5 Å². The molecule has 0 saturated carbocycles. The Hall–Kier alpha value is -2.21. The van der Waals surface area contributed by atoms with Gasteiger partial charge in [0.15, 0.2) is 0 Å². The van der Waals surface area contributed by atoms with Gasteiger partial charge in [0.05, 0.1) is 13.2 Å². The Labute approximate surface area is 104 Å². The standard InChI is InChI=1S/C12H14N4O2/c1-18-7-9-4-2-3-5-10(9)12(17)13-6-11-14-8-15-16-11/h2-5,8H,6-7H2,1H3,(H,13,17)(H,14,15,16). The molecule has 2 aromatic rings. The van der Waals surface area contributed by atoms with E-state index in [1.54, 1.807) is 13.2 Å². The summed E-state index contributed by atoms with van der Waals surface area (Å²) in [5, 5.41) is 9.17. The molecule has 1 aromatic carbocycles. The quantitative estimate of drug-likeness (QED) is 0.820. The molecule has 0 saturated heterocycles. The largest absolute Gasteiger partial charge is 0.380 e. The van der Waals surface area contributed by atoms with Gasteiger partial charge in [0.2, 0.25) is 0 Å². The molecule has 0 aliphatic rings. The number of amides is 1. The van der Waals surface area contributed by atoms with Gasteiger partial charge in [-0.3, -0.25) is 9.89 Å². The molecule has 94 valence electrons. The molecule has 0 spiro atoms.